The van der Waals surface area contributed by atoms with Gasteiger partial charge in [-0.15, -0.1) is 0 Å². The number of benzene rings is 1. The van der Waals surface area contributed by atoms with E-state index < -0.39 is 0 Å². The quantitative estimate of drug-likeness (QED) is 0.780. The lowest BCUT2D eigenvalue weighted by Gasteiger charge is -2.28. The number of amides is 1. The normalized spacial score (nSPS) is 20.4. The Morgan fingerprint density at radius 3 is 2.21 bits per heavy atom. The average molecular weight is 331 g/mol. The van der Waals surface area contributed by atoms with Gasteiger partial charge in [-0.25, -0.2) is 0 Å². The summed E-state index contributed by atoms with van der Waals surface area (Å²) in [5, 5.41) is 2.94. The van der Waals surface area contributed by atoms with E-state index >= 15 is 0 Å². The number of ether oxygens (including phenoxy) is 1. The third-order valence-corrected chi connectivity index (χ3v) is 5.00. The molecular formula is C20H29NO3. The van der Waals surface area contributed by atoms with E-state index in [1.807, 2.05) is 0 Å². The Labute approximate surface area is 145 Å². The standard InChI is InChI=1S/C20H29NO3/c1-15(22)21-14-19-9-7-18(8-10-19)13-17-5-3-16(4-6-17)11-12-20(23)24-2/h3-6,18-19H,7-14H2,1-2H3,(H,21,22). The Morgan fingerprint density at radius 2 is 1.62 bits per heavy atom. The van der Waals surface area contributed by atoms with Crippen molar-refractivity contribution in [3.63, 3.8) is 0 Å². The van der Waals surface area contributed by atoms with Crippen LogP contribution < -0.4 is 5.32 Å². The molecule has 1 aromatic carbocycles. The van der Waals surface area contributed by atoms with Gasteiger partial charge in [0.25, 0.3) is 0 Å². The van der Waals surface area contributed by atoms with Crippen molar-refractivity contribution in [2.24, 2.45) is 11.8 Å². The molecule has 0 aromatic heterocycles. The maximum atomic E-state index is 11.2. The Balaban J connectivity index is 1.72. The largest absolute Gasteiger partial charge is 0.469 e. The molecule has 0 saturated heterocycles. The van der Waals surface area contributed by atoms with Gasteiger partial charge >= 0.3 is 5.97 Å². The van der Waals surface area contributed by atoms with Crippen LogP contribution >= 0.6 is 0 Å². The number of nitrogens with one attached hydrogen (secondary N) is 1. The fraction of sp³-hybridized carbons (Fsp3) is 0.600. The molecule has 1 fully saturated rings. The van der Waals surface area contributed by atoms with Crippen LogP contribution in [0.2, 0.25) is 0 Å². The third-order valence-electron chi connectivity index (χ3n) is 5.00. The van der Waals surface area contributed by atoms with Crippen LogP contribution in [0.5, 0.6) is 0 Å². The van der Waals surface area contributed by atoms with Crippen LogP contribution in [0, 0.1) is 11.8 Å². The molecule has 0 bridgehead atoms. The second kappa shape index (κ2) is 9.45. The Kier molecular flexibility index (Phi) is 7.29. The summed E-state index contributed by atoms with van der Waals surface area (Å²) in [6.45, 7) is 2.41. The minimum Gasteiger partial charge on any atom is -0.469 e. The van der Waals surface area contributed by atoms with Gasteiger partial charge in [-0.05, 0) is 61.5 Å². The topological polar surface area (TPSA) is 55.4 Å². The summed E-state index contributed by atoms with van der Waals surface area (Å²) in [4.78, 5) is 22.2. The molecule has 132 valence electrons. The zero-order chi connectivity index (χ0) is 17.4. The summed E-state index contributed by atoms with van der Waals surface area (Å²) in [6.07, 6.45) is 7.21. The molecule has 24 heavy (non-hydrogen) atoms. The van der Waals surface area contributed by atoms with Gasteiger partial charge in [0.15, 0.2) is 0 Å². The number of hydrogen-bond acceptors (Lipinski definition) is 3. The van der Waals surface area contributed by atoms with Gasteiger partial charge in [0.1, 0.15) is 0 Å². The van der Waals surface area contributed by atoms with Crippen LogP contribution in [0.25, 0.3) is 0 Å². The summed E-state index contributed by atoms with van der Waals surface area (Å²) < 4.78 is 4.67. The molecule has 0 spiro atoms. The fourth-order valence-electron chi connectivity index (χ4n) is 3.45. The summed E-state index contributed by atoms with van der Waals surface area (Å²) >= 11 is 0. The van der Waals surface area contributed by atoms with E-state index in [2.05, 4.69) is 34.3 Å². The first kappa shape index (κ1) is 18.5. The van der Waals surface area contributed by atoms with Gasteiger partial charge in [0.05, 0.1) is 7.11 Å². The highest BCUT2D eigenvalue weighted by Gasteiger charge is 2.21. The Bertz CT molecular complexity index is 530. The first-order valence-electron chi connectivity index (χ1n) is 8.96. The fourth-order valence-corrected chi connectivity index (χ4v) is 3.45. The van der Waals surface area contributed by atoms with Crippen molar-refractivity contribution in [2.75, 3.05) is 13.7 Å². The van der Waals surface area contributed by atoms with Gasteiger partial charge in [-0.1, -0.05) is 24.3 Å². The van der Waals surface area contributed by atoms with Gasteiger partial charge in [0, 0.05) is 19.9 Å². The van der Waals surface area contributed by atoms with Crippen LogP contribution in [0.1, 0.15) is 50.2 Å². The molecule has 0 heterocycles. The van der Waals surface area contributed by atoms with Crippen molar-refractivity contribution < 1.29 is 14.3 Å². The lowest BCUT2D eigenvalue weighted by atomic mass is 9.79. The van der Waals surface area contributed by atoms with E-state index in [1.165, 1.54) is 43.9 Å². The molecule has 1 aromatic rings. The molecule has 1 amide bonds. The summed E-state index contributed by atoms with van der Waals surface area (Å²) in [6, 6.07) is 8.63. The molecule has 1 N–H and O–H groups in total. The molecule has 1 aliphatic rings. The molecule has 2 rings (SSSR count). The first-order chi connectivity index (χ1) is 11.6. The number of esters is 1. The highest BCUT2D eigenvalue weighted by Crippen LogP contribution is 2.30. The summed E-state index contributed by atoms with van der Waals surface area (Å²) in [5.74, 6) is 1.31. The smallest absolute Gasteiger partial charge is 0.305 e. The second-order valence-electron chi connectivity index (χ2n) is 6.92. The predicted molar refractivity (Wildman–Crippen MR) is 94.6 cm³/mol. The van der Waals surface area contributed by atoms with Crippen molar-refractivity contribution in [3.05, 3.63) is 35.4 Å². The van der Waals surface area contributed by atoms with Crippen LogP contribution in [0.4, 0.5) is 0 Å². The molecule has 0 radical (unpaired) electrons. The number of methoxy groups -OCH3 is 1. The molecule has 1 aliphatic carbocycles. The van der Waals surface area contributed by atoms with E-state index in [1.54, 1.807) is 6.92 Å². The van der Waals surface area contributed by atoms with Gasteiger partial charge in [0.2, 0.25) is 5.91 Å². The maximum Gasteiger partial charge on any atom is 0.305 e. The number of aryl methyl sites for hydroxylation is 1. The summed E-state index contributed by atoms with van der Waals surface area (Å²) in [5.41, 5.74) is 2.56. The van der Waals surface area contributed by atoms with Crippen LogP contribution in [-0.4, -0.2) is 25.5 Å². The number of carbonyl (C=O) groups is 2. The predicted octanol–water partition coefficient (Wildman–Crippen LogP) is 3.28. The molecule has 0 atom stereocenters. The SMILES string of the molecule is COC(=O)CCc1ccc(CC2CCC(CNC(C)=O)CC2)cc1. The number of rotatable bonds is 7. The molecule has 0 aliphatic heterocycles. The van der Waals surface area contributed by atoms with E-state index in [0.29, 0.717) is 12.3 Å². The van der Waals surface area contributed by atoms with E-state index in [9.17, 15) is 9.59 Å². The average Bonchev–Trinajstić information content (AvgIpc) is 2.60. The lowest BCUT2D eigenvalue weighted by molar-refractivity contribution is -0.140. The van der Waals surface area contributed by atoms with Crippen molar-refractivity contribution in [3.8, 4) is 0 Å². The second-order valence-corrected chi connectivity index (χ2v) is 6.92. The minimum absolute atomic E-state index is 0.0735. The van der Waals surface area contributed by atoms with Crippen LogP contribution in [0.15, 0.2) is 24.3 Å². The van der Waals surface area contributed by atoms with Crippen molar-refractivity contribution in [1.82, 2.24) is 5.32 Å². The van der Waals surface area contributed by atoms with Crippen LogP contribution in [0.3, 0.4) is 0 Å². The first-order valence-corrected chi connectivity index (χ1v) is 8.96. The van der Waals surface area contributed by atoms with E-state index in [0.717, 1.165) is 25.3 Å². The molecular weight excluding hydrogens is 302 g/mol. The zero-order valence-corrected chi connectivity index (χ0v) is 14.8. The van der Waals surface area contributed by atoms with Crippen molar-refractivity contribution in [1.29, 1.82) is 0 Å². The molecule has 1 saturated carbocycles. The van der Waals surface area contributed by atoms with Gasteiger partial charge in [-0.2, -0.15) is 0 Å². The minimum atomic E-state index is -0.157. The van der Waals surface area contributed by atoms with Crippen molar-refractivity contribution >= 4 is 11.9 Å². The summed E-state index contributed by atoms with van der Waals surface area (Å²) in [7, 11) is 1.43. The number of carbonyl (C=O) groups excluding carboxylic acids is 2. The Hall–Kier alpha value is -1.84. The van der Waals surface area contributed by atoms with Gasteiger partial charge < -0.3 is 10.1 Å². The zero-order valence-electron chi connectivity index (χ0n) is 14.8. The van der Waals surface area contributed by atoms with Crippen LogP contribution in [-0.2, 0) is 27.2 Å². The molecule has 0 unspecified atom stereocenters. The molecule has 4 nitrogen and oxygen atoms in total. The maximum absolute atomic E-state index is 11.2. The monoisotopic (exact) mass is 331 g/mol. The molecule has 4 heteroatoms. The highest BCUT2D eigenvalue weighted by molar-refractivity contribution is 5.72. The van der Waals surface area contributed by atoms with Gasteiger partial charge in [-0.3, -0.25) is 9.59 Å². The van der Waals surface area contributed by atoms with E-state index in [-0.39, 0.29) is 11.9 Å². The van der Waals surface area contributed by atoms with E-state index in [4.69, 9.17) is 0 Å². The Morgan fingerprint density at radius 1 is 1.04 bits per heavy atom. The third kappa shape index (κ3) is 6.34. The van der Waals surface area contributed by atoms with Crippen molar-refractivity contribution in [2.45, 2.75) is 51.9 Å². The highest BCUT2D eigenvalue weighted by atomic mass is 16.5. The lowest BCUT2D eigenvalue weighted by Crippen LogP contribution is -2.29. The number of hydrogen-bond donors (Lipinski definition) is 1.